The first kappa shape index (κ1) is 19.2. The fraction of sp³-hybridized carbons (Fsp3) is 0.312. The monoisotopic (exact) mass is 400 g/mol. The molecule has 1 aromatic heterocycles. The van der Waals surface area contributed by atoms with E-state index in [4.69, 9.17) is 11.6 Å². The van der Waals surface area contributed by atoms with Crippen molar-refractivity contribution in [2.24, 2.45) is 4.99 Å². The molecule has 1 fully saturated rings. The molecular weight excluding hydrogens is 385 g/mol. The maximum absolute atomic E-state index is 12.6. The molecule has 0 bridgehead atoms. The van der Waals surface area contributed by atoms with Gasteiger partial charge >= 0.3 is 6.18 Å². The van der Waals surface area contributed by atoms with Gasteiger partial charge < -0.3 is 9.80 Å². The summed E-state index contributed by atoms with van der Waals surface area (Å²) in [4.78, 5) is 7.91. The summed E-state index contributed by atoms with van der Waals surface area (Å²) in [6.45, 7) is 2.12. The average Bonchev–Trinajstić information content (AvgIpc) is 2.66. The Labute approximate surface area is 158 Å². The molecule has 1 aliphatic heterocycles. The summed E-state index contributed by atoms with van der Waals surface area (Å²) >= 11 is 6.12. The topological polar surface area (TPSA) is 76.9 Å². The van der Waals surface area contributed by atoms with Gasteiger partial charge in [-0.05, 0) is 30.3 Å². The third kappa shape index (κ3) is 4.58. The molecule has 11 heteroatoms. The number of hydrogen-bond acceptors (Lipinski definition) is 5. The van der Waals surface area contributed by atoms with Crippen molar-refractivity contribution in [3.05, 3.63) is 47.1 Å². The highest BCUT2D eigenvalue weighted by atomic mass is 35.5. The van der Waals surface area contributed by atoms with Crippen LogP contribution in [0.5, 0.6) is 0 Å². The first-order valence-electron chi connectivity index (χ1n) is 8.01. The Kier molecular flexibility index (Phi) is 5.66. The van der Waals surface area contributed by atoms with E-state index >= 15 is 0 Å². The lowest BCUT2D eigenvalue weighted by atomic mass is 10.2. The summed E-state index contributed by atoms with van der Waals surface area (Å²) < 4.78 is 37.9. The first-order valence-corrected chi connectivity index (χ1v) is 8.39. The normalized spacial score (nSPS) is 15.8. The van der Waals surface area contributed by atoms with Crippen molar-refractivity contribution in [1.29, 1.82) is 0 Å². The number of benzene rings is 1. The average molecular weight is 401 g/mol. The van der Waals surface area contributed by atoms with Gasteiger partial charge in [0.05, 0.1) is 22.5 Å². The molecule has 1 aliphatic rings. The zero-order valence-corrected chi connectivity index (χ0v) is 14.7. The summed E-state index contributed by atoms with van der Waals surface area (Å²) in [7, 11) is 0. The van der Waals surface area contributed by atoms with Crippen molar-refractivity contribution >= 4 is 29.1 Å². The molecule has 0 spiro atoms. The van der Waals surface area contributed by atoms with Crippen LogP contribution in [-0.2, 0) is 6.18 Å². The van der Waals surface area contributed by atoms with Gasteiger partial charge in [-0.25, -0.2) is 10.5 Å². The highest BCUT2D eigenvalue weighted by Gasteiger charge is 2.30. The number of hydrogen-bond donors (Lipinski definition) is 2. The van der Waals surface area contributed by atoms with E-state index in [0.29, 0.717) is 42.7 Å². The maximum Gasteiger partial charge on any atom is 0.416 e. The fourth-order valence-electron chi connectivity index (χ4n) is 2.67. The Bertz CT molecular complexity index is 807. The largest absolute Gasteiger partial charge is 0.416 e. The van der Waals surface area contributed by atoms with Gasteiger partial charge in [-0.15, -0.1) is 5.10 Å². The van der Waals surface area contributed by atoms with Crippen molar-refractivity contribution in [1.82, 2.24) is 20.6 Å². The SMILES string of the molecule is ONC(=Nc1ccc(C(F)(F)F)cc1)N1CCN(c2nnccc2Cl)CC1. The van der Waals surface area contributed by atoms with E-state index < -0.39 is 11.7 Å². The van der Waals surface area contributed by atoms with Gasteiger partial charge in [-0.2, -0.15) is 18.3 Å². The van der Waals surface area contributed by atoms with E-state index in [1.807, 2.05) is 10.4 Å². The molecule has 7 nitrogen and oxygen atoms in total. The van der Waals surface area contributed by atoms with Gasteiger partial charge in [0.25, 0.3) is 0 Å². The summed E-state index contributed by atoms with van der Waals surface area (Å²) in [5, 5.41) is 17.7. The second-order valence-corrected chi connectivity index (χ2v) is 6.18. The van der Waals surface area contributed by atoms with E-state index in [1.165, 1.54) is 18.3 Å². The number of nitrogens with zero attached hydrogens (tertiary/aromatic N) is 5. The Balaban J connectivity index is 1.68. The number of anilines is 1. The second-order valence-electron chi connectivity index (χ2n) is 5.77. The lowest BCUT2D eigenvalue weighted by Crippen LogP contribution is -2.52. The van der Waals surface area contributed by atoms with Gasteiger partial charge in [0.1, 0.15) is 0 Å². The van der Waals surface area contributed by atoms with Crippen molar-refractivity contribution < 1.29 is 18.4 Å². The third-order valence-corrected chi connectivity index (χ3v) is 4.36. The van der Waals surface area contributed by atoms with Crippen LogP contribution in [0, 0.1) is 0 Å². The standard InChI is InChI=1S/C16H16ClF3N6O/c17-13-5-6-21-23-14(13)25-7-9-26(10-8-25)15(24-27)22-12-3-1-11(2-4-12)16(18,19)20/h1-6,27H,7-10H2,(H,22,24). The number of piperazine rings is 1. The molecule has 0 amide bonds. The summed E-state index contributed by atoms with van der Waals surface area (Å²) in [6.07, 6.45) is -2.90. The zero-order chi connectivity index (χ0) is 19.4. The smallest absolute Gasteiger partial charge is 0.350 e. The summed E-state index contributed by atoms with van der Waals surface area (Å²) in [5.74, 6) is 0.733. The zero-order valence-electron chi connectivity index (χ0n) is 14.0. The molecule has 0 atom stereocenters. The molecule has 0 unspecified atom stereocenters. The van der Waals surface area contributed by atoms with E-state index in [0.717, 1.165) is 12.1 Å². The predicted octanol–water partition coefficient (Wildman–Crippen LogP) is 2.94. The number of rotatable bonds is 2. The number of guanidine groups is 1. The van der Waals surface area contributed by atoms with E-state index in [-0.39, 0.29) is 5.96 Å². The minimum Gasteiger partial charge on any atom is -0.350 e. The van der Waals surface area contributed by atoms with Gasteiger partial charge in [-0.1, -0.05) is 11.6 Å². The van der Waals surface area contributed by atoms with E-state index in [2.05, 4.69) is 15.2 Å². The molecule has 144 valence electrons. The second kappa shape index (κ2) is 7.97. The molecule has 0 saturated carbocycles. The molecule has 1 saturated heterocycles. The Morgan fingerprint density at radius 2 is 1.78 bits per heavy atom. The van der Waals surface area contributed by atoms with E-state index in [9.17, 15) is 18.4 Å². The highest BCUT2D eigenvalue weighted by Crippen LogP contribution is 2.30. The van der Waals surface area contributed by atoms with Crippen molar-refractivity contribution in [3.63, 3.8) is 0 Å². The number of hydroxylamine groups is 1. The molecular formula is C16H16ClF3N6O. The predicted molar refractivity (Wildman–Crippen MR) is 94.3 cm³/mol. The third-order valence-electron chi connectivity index (χ3n) is 4.06. The molecule has 0 radical (unpaired) electrons. The highest BCUT2D eigenvalue weighted by molar-refractivity contribution is 6.32. The van der Waals surface area contributed by atoms with Crippen LogP contribution in [0.3, 0.4) is 0 Å². The minimum atomic E-state index is -4.40. The van der Waals surface area contributed by atoms with Crippen LogP contribution >= 0.6 is 11.6 Å². The van der Waals surface area contributed by atoms with Crippen LogP contribution in [-0.4, -0.2) is 52.4 Å². The van der Waals surface area contributed by atoms with Crippen molar-refractivity contribution in [2.75, 3.05) is 31.1 Å². The van der Waals surface area contributed by atoms with Gasteiger partial charge in [-0.3, -0.25) is 5.21 Å². The Morgan fingerprint density at radius 1 is 1.11 bits per heavy atom. The number of aliphatic imine (C=N–C) groups is 1. The van der Waals surface area contributed by atoms with Crippen LogP contribution in [0.15, 0.2) is 41.5 Å². The summed E-state index contributed by atoms with van der Waals surface area (Å²) in [6, 6.07) is 6.04. The molecule has 1 aromatic carbocycles. The Hall–Kier alpha value is -2.59. The molecule has 2 aromatic rings. The summed E-state index contributed by atoms with van der Waals surface area (Å²) in [5.41, 5.74) is 1.55. The molecule has 0 aliphatic carbocycles. The number of alkyl halides is 3. The molecule has 3 rings (SSSR count). The van der Waals surface area contributed by atoms with Gasteiger partial charge in [0.15, 0.2) is 5.82 Å². The molecule has 2 heterocycles. The number of aromatic nitrogens is 2. The van der Waals surface area contributed by atoms with Crippen molar-refractivity contribution in [2.45, 2.75) is 6.18 Å². The van der Waals surface area contributed by atoms with Crippen LogP contribution in [0.25, 0.3) is 0 Å². The molecule has 2 N–H and O–H groups in total. The first-order chi connectivity index (χ1) is 12.9. The number of halogens is 4. The minimum absolute atomic E-state index is 0.152. The fourth-order valence-corrected chi connectivity index (χ4v) is 2.88. The lowest BCUT2D eigenvalue weighted by Gasteiger charge is -2.36. The number of nitrogens with one attached hydrogen (secondary N) is 1. The van der Waals surface area contributed by atoms with Crippen LogP contribution in [0.2, 0.25) is 5.02 Å². The Morgan fingerprint density at radius 3 is 2.33 bits per heavy atom. The maximum atomic E-state index is 12.6. The van der Waals surface area contributed by atoms with Crippen molar-refractivity contribution in [3.8, 4) is 0 Å². The lowest BCUT2D eigenvalue weighted by molar-refractivity contribution is -0.137. The van der Waals surface area contributed by atoms with Crippen LogP contribution in [0.4, 0.5) is 24.7 Å². The van der Waals surface area contributed by atoms with Crippen LogP contribution in [0.1, 0.15) is 5.56 Å². The molecule has 27 heavy (non-hydrogen) atoms. The quantitative estimate of drug-likeness (QED) is 0.458. The van der Waals surface area contributed by atoms with Gasteiger partial charge in [0, 0.05) is 26.2 Å². The van der Waals surface area contributed by atoms with Gasteiger partial charge in [0.2, 0.25) is 5.96 Å². The van der Waals surface area contributed by atoms with E-state index in [1.54, 1.807) is 11.0 Å². The van der Waals surface area contributed by atoms with Crippen LogP contribution < -0.4 is 10.4 Å².